The zero-order valence-corrected chi connectivity index (χ0v) is 17.0. The summed E-state index contributed by atoms with van der Waals surface area (Å²) in [5.41, 5.74) is 0.191. The Labute approximate surface area is 174 Å². The number of methoxy groups -OCH3 is 1. The summed E-state index contributed by atoms with van der Waals surface area (Å²) < 4.78 is 44.5. The third-order valence-electron chi connectivity index (χ3n) is 4.77. The summed E-state index contributed by atoms with van der Waals surface area (Å²) in [5.74, 6) is 0.346. The second-order valence-corrected chi connectivity index (χ2v) is 7.68. The molecule has 30 heavy (non-hydrogen) atoms. The molecule has 0 radical (unpaired) electrons. The molecule has 8 heteroatoms. The lowest BCUT2D eigenvalue weighted by Crippen LogP contribution is -2.30. The number of hydrogen-bond acceptors (Lipinski definition) is 4. The van der Waals surface area contributed by atoms with Crippen LogP contribution in [-0.2, 0) is 6.18 Å². The molecule has 0 fully saturated rings. The Balaban J connectivity index is 1.73. The number of fused-ring (bicyclic) bond motifs is 2. The lowest BCUT2D eigenvalue weighted by atomic mass is 10.1. The first-order valence-electron chi connectivity index (χ1n) is 9.17. The van der Waals surface area contributed by atoms with Gasteiger partial charge in [0.1, 0.15) is 10.6 Å². The highest BCUT2D eigenvalue weighted by Gasteiger charge is 2.31. The number of anilines is 1. The van der Waals surface area contributed by atoms with E-state index in [1.807, 2.05) is 24.3 Å². The van der Waals surface area contributed by atoms with E-state index in [9.17, 15) is 18.0 Å². The van der Waals surface area contributed by atoms with Gasteiger partial charge in [-0.05, 0) is 55.5 Å². The zero-order valence-electron chi connectivity index (χ0n) is 16.2. The van der Waals surface area contributed by atoms with E-state index in [-0.39, 0.29) is 18.1 Å². The molecule has 0 atom stereocenters. The van der Waals surface area contributed by atoms with E-state index < -0.39 is 11.7 Å². The van der Waals surface area contributed by atoms with E-state index in [4.69, 9.17) is 4.74 Å². The Kier molecular flexibility index (Phi) is 5.11. The first kappa shape index (κ1) is 20.2. The van der Waals surface area contributed by atoms with E-state index in [0.29, 0.717) is 15.5 Å². The van der Waals surface area contributed by atoms with Crippen molar-refractivity contribution in [3.05, 3.63) is 65.0 Å². The maximum atomic E-state index is 13.1. The highest BCUT2D eigenvalue weighted by molar-refractivity contribution is 7.20. The van der Waals surface area contributed by atoms with Gasteiger partial charge < -0.3 is 9.64 Å². The van der Waals surface area contributed by atoms with Crippen LogP contribution < -0.4 is 9.64 Å². The van der Waals surface area contributed by atoms with E-state index in [2.05, 4.69) is 4.98 Å². The van der Waals surface area contributed by atoms with Crippen LogP contribution in [0.4, 0.5) is 18.9 Å². The van der Waals surface area contributed by atoms with Gasteiger partial charge in [0, 0.05) is 23.0 Å². The topological polar surface area (TPSA) is 42.4 Å². The van der Waals surface area contributed by atoms with E-state index >= 15 is 0 Å². The van der Waals surface area contributed by atoms with Crippen LogP contribution >= 0.6 is 11.3 Å². The van der Waals surface area contributed by atoms with Crippen molar-refractivity contribution in [2.24, 2.45) is 0 Å². The van der Waals surface area contributed by atoms with Gasteiger partial charge in [0.25, 0.3) is 5.91 Å². The Morgan fingerprint density at radius 2 is 1.90 bits per heavy atom. The van der Waals surface area contributed by atoms with Gasteiger partial charge in [-0.3, -0.25) is 4.79 Å². The molecule has 0 saturated carbocycles. The first-order valence-corrected chi connectivity index (χ1v) is 9.99. The molecule has 0 spiro atoms. The van der Waals surface area contributed by atoms with Gasteiger partial charge in [0.05, 0.1) is 23.1 Å². The molecule has 4 nitrogen and oxygen atoms in total. The van der Waals surface area contributed by atoms with E-state index in [1.54, 1.807) is 20.1 Å². The SMILES string of the molecule is CCN(C(=O)c1cc2cc3cc(OC)ccc3nc2s1)c1cccc(C(F)(F)F)c1. The second kappa shape index (κ2) is 7.60. The quantitative estimate of drug-likeness (QED) is 0.390. The number of benzene rings is 2. The number of hydrogen-bond donors (Lipinski definition) is 0. The molecule has 1 amide bonds. The highest BCUT2D eigenvalue weighted by atomic mass is 32.1. The normalized spacial score (nSPS) is 11.8. The van der Waals surface area contributed by atoms with Crippen molar-refractivity contribution >= 4 is 44.1 Å². The Morgan fingerprint density at radius 1 is 1.10 bits per heavy atom. The summed E-state index contributed by atoms with van der Waals surface area (Å²) in [6.45, 7) is 1.96. The molecule has 0 aliphatic carbocycles. The number of rotatable bonds is 4. The Morgan fingerprint density at radius 3 is 2.60 bits per heavy atom. The fourth-order valence-electron chi connectivity index (χ4n) is 3.27. The monoisotopic (exact) mass is 430 g/mol. The lowest BCUT2D eigenvalue weighted by Gasteiger charge is -2.21. The molecule has 154 valence electrons. The number of aromatic nitrogens is 1. The molecule has 0 aliphatic heterocycles. The van der Waals surface area contributed by atoms with Crippen molar-refractivity contribution in [1.82, 2.24) is 4.98 Å². The molecule has 2 aromatic heterocycles. The average Bonchev–Trinajstić information content (AvgIpc) is 3.14. The molecule has 0 bridgehead atoms. The summed E-state index contributed by atoms with van der Waals surface area (Å²) in [6.07, 6.45) is -4.47. The molecule has 0 unspecified atom stereocenters. The van der Waals surface area contributed by atoms with Gasteiger partial charge in [-0.1, -0.05) is 6.07 Å². The molecule has 4 aromatic rings. The Hall–Kier alpha value is -3.13. The predicted octanol–water partition coefficient (Wildman–Crippen LogP) is 6.14. The molecule has 0 saturated heterocycles. The average molecular weight is 430 g/mol. The van der Waals surface area contributed by atoms with Crippen LogP contribution in [0.15, 0.2) is 54.6 Å². The number of carbonyl (C=O) groups excluding carboxylic acids is 1. The van der Waals surface area contributed by atoms with Crippen molar-refractivity contribution in [1.29, 1.82) is 0 Å². The number of thiophene rings is 1. The van der Waals surface area contributed by atoms with Gasteiger partial charge in [0.2, 0.25) is 0 Å². The lowest BCUT2D eigenvalue weighted by molar-refractivity contribution is -0.137. The largest absolute Gasteiger partial charge is 0.497 e. The summed E-state index contributed by atoms with van der Waals surface area (Å²) in [5, 5.41) is 1.67. The maximum Gasteiger partial charge on any atom is 0.416 e. The fourth-order valence-corrected chi connectivity index (χ4v) is 4.24. The summed E-state index contributed by atoms with van der Waals surface area (Å²) in [6, 6.07) is 14.0. The van der Waals surface area contributed by atoms with Crippen LogP contribution in [0, 0.1) is 0 Å². The molecule has 4 rings (SSSR count). The van der Waals surface area contributed by atoms with Crippen LogP contribution in [0.25, 0.3) is 21.1 Å². The predicted molar refractivity (Wildman–Crippen MR) is 112 cm³/mol. The van der Waals surface area contributed by atoms with Crippen LogP contribution in [-0.4, -0.2) is 24.5 Å². The van der Waals surface area contributed by atoms with Crippen LogP contribution in [0.2, 0.25) is 0 Å². The number of alkyl halides is 3. The molecular weight excluding hydrogens is 413 g/mol. The Bertz CT molecular complexity index is 1250. The smallest absolute Gasteiger partial charge is 0.416 e. The number of nitrogens with zero attached hydrogens (tertiary/aromatic N) is 2. The van der Waals surface area contributed by atoms with Crippen molar-refractivity contribution in [2.75, 3.05) is 18.6 Å². The molecule has 0 N–H and O–H groups in total. The minimum atomic E-state index is -4.47. The van der Waals surface area contributed by atoms with Crippen molar-refractivity contribution < 1.29 is 22.7 Å². The van der Waals surface area contributed by atoms with Crippen molar-refractivity contribution in [2.45, 2.75) is 13.1 Å². The minimum Gasteiger partial charge on any atom is -0.497 e. The number of ether oxygens (including phenoxy) is 1. The molecule has 2 aromatic carbocycles. The number of amides is 1. The van der Waals surface area contributed by atoms with Gasteiger partial charge >= 0.3 is 6.18 Å². The first-order chi connectivity index (χ1) is 14.3. The molecule has 0 aliphatic rings. The van der Waals surface area contributed by atoms with Crippen molar-refractivity contribution in [3.63, 3.8) is 0 Å². The van der Waals surface area contributed by atoms with Crippen molar-refractivity contribution in [3.8, 4) is 5.75 Å². The highest BCUT2D eigenvalue weighted by Crippen LogP contribution is 2.33. The third kappa shape index (κ3) is 3.70. The van der Waals surface area contributed by atoms with Gasteiger partial charge in [0.15, 0.2) is 0 Å². The molecule has 2 heterocycles. The number of pyridine rings is 1. The molecular formula is C22H17F3N2O2S. The van der Waals surface area contributed by atoms with Gasteiger partial charge in [-0.2, -0.15) is 13.2 Å². The number of carbonyl (C=O) groups is 1. The summed E-state index contributed by atoms with van der Waals surface area (Å²) in [7, 11) is 1.58. The summed E-state index contributed by atoms with van der Waals surface area (Å²) in [4.78, 5) is 20.2. The standard InChI is InChI=1S/C22H17F3N2O2S/c1-3-27(16-6-4-5-15(12-16)22(23,24)25)21(28)19-11-14-9-13-10-17(29-2)7-8-18(13)26-20(14)30-19/h4-12H,3H2,1-2H3. The van der Waals surface area contributed by atoms with Gasteiger partial charge in [-0.25, -0.2) is 4.98 Å². The van der Waals surface area contributed by atoms with Crippen LogP contribution in [0.1, 0.15) is 22.2 Å². The minimum absolute atomic E-state index is 0.206. The third-order valence-corrected chi connectivity index (χ3v) is 5.80. The maximum absolute atomic E-state index is 13.1. The fraction of sp³-hybridized carbons (Fsp3) is 0.182. The van der Waals surface area contributed by atoms with E-state index in [1.165, 1.54) is 28.4 Å². The van der Waals surface area contributed by atoms with Crippen LogP contribution in [0.5, 0.6) is 5.75 Å². The second-order valence-electron chi connectivity index (χ2n) is 6.65. The van der Waals surface area contributed by atoms with E-state index in [0.717, 1.165) is 28.4 Å². The van der Waals surface area contributed by atoms with Gasteiger partial charge in [-0.15, -0.1) is 11.3 Å². The van der Waals surface area contributed by atoms with Crippen LogP contribution in [0.3, 0.4) is 0 Å². The zero-order chi connectivity index (χ0) is 21.5. The number of halogens is 3. The summed E-state index contributed by atoms with van der Waals surface area (Å²) >= 11 is 1.22.